The fourth-order valence-corrected chi connectivity index (χ4v) is 4.26. The van der Waals surface area contributed by atoms with E-state index >= 15 is 0 Å². The van der Waals surface area contributed by atoms with E-state index in [4.69, 9.17) is 9.47 Å². The second-order valence-electron chi connectivity index (χ2n) is 7.15. The minimum atomic E-state index is -3.82. The molecule has 0 spiro atoms. The Labute approximate surface area is 183 Å². The molecule has 0 aliphatic carbocycles. The Morgan fingerprint density at radius 1 is 1.13 bits per heavy atom. The van der Waals surface area contributed by atoms with Crippen molar-refractivity contribution in [2.75, 3.05) is 29.6 Å². The van der Waals surface area contributed by atoms with Crippen LogP contribution in [0.2, 0.25) is 0 Å². The lowest BCUT2D eigenvalue weighted by Gasteiger charge is -2.29. The molecule has 0 heterocycles. The number of methoxy groups -OCH3 is 1. The highest BCUT2D eigenvalue weighted by molar-refractivity contribution is 7.92. The Morgan fingerprint density at radius 3 is 2.39 bits per heavy atom. The van der Waals surface area contributed by atoms with Crippen molar-refractivity contribution in [2.24, 2.45) is 0 Å². The van der Waals surface area contributed by atoms with Crippen LogP contribution >= 0.6 is 0 Å². The largest absolute Gasteiger partial charge is 0.495 e. The van der Waals surface area contributed by atoms with Gasteiger partial charge >= 0.3 is 5.97 Å². The molecule has 0 radical (unpaired) electrons. The maximum absolute atomic E-state index is 13.0. The summed E-state index contributed by atoms with van der Waals surface area (Å²) in [6, 6.07) is 8.80. The van der Waals surface area contributed by atoms with Gasteiger partial charge in [-0.25, -0.2) is 13.2 Å². The maximum Gasteiger partial charge on any atom is 0.338 e. The molecule has 0 aromatic heterocycles. The van der Waals surface area contributed by atoms with Gasteiger partial charge in [-0.2, -0.15) is 0 Å². The van der Waals surface area contributed by atoms with E-state index in [1.165, 1.54) is 20.1 Å². The number of carbonyl (C=O) groups is 2. The third kappa shape index (κ3) is 5.75. The van der Waals surface area contributed by atoms with Crippen LogP contribution in [0.4, 0.5) is 11.4 Å². The summed E-state index contributed by atoms with van der Waals surface area (Å²) in [5, 5.41) is 2.73. The summed E-state index contributed by atoms with van der Waals surface area (Å²) in [6.45, 7) is 7.01. The van der Waals surface area contributed by atoms with Gasteiger partial charge in [0.1, 0.15) is 11.8 Å². The smallest absolute Gasteiger partial charge is 0.338 e. The zero-order chi connectivity index (χ0) is 23.3. The second-order valence-corrected chi connectivity index (χ2v) is 9.01. The normalized spacial score (nSPS) is 12.1. The first-order valence-corrected chi connectivity index (χ1v) is 11.6. The number of amides is 1. The van der Waals surface area contributed by atoms with Gasteiger partial charge in [0, 0.05) is 5.69 Å². The lowest BCUT2D eigenvalue weighted by molar-refractivity contribution is -0.116. The number of aryl methyl sites for hydroxylation is 2. The van der Waals surface area contributed by atoms with Crippen LogP contribution in [0.25, 0.3) is 0 Å². The van der Waals surface area contributed by atoms with Crippen LogP contribution in [0.5, 0.6) is 5.75 Å². The highest BCUT2D eigenvalue weighted by atomic mass is 32.2. The highest BCUT2D eigenvalue weighted by Gasteiger charge is 2.31. The summed E-state index contributed by atoms with van der Waals surface area (Å²) in [6.07, 6.45) is 1.03. The predicted molar refractivity (Wildman–Crippen MR) is 120 cm³/mol. The Bertz CT molecular complexity index is 1080. The zero-order valence-electron chi connectivity index (χ0n) is 18.6. The number of hydrogen-bond acceptors (Lipinski definition) is 6. The Kier molecular flexibility index (Phi) is 7.67. The van der Waals surface area contributed by atoms with Crippen LogP contribution in [-0.2, 0) is 19.6 Å². The van der Waals surface area contributed by atoms with Crippen molar-refractivity contribution in [1.29, 1.82) is 0 Å². The molecule has 1 atom stereocenters. The molecule has 2 aromatic rings. The van der Waals surface area contributed by atoms with Gasteiger partial charge in [-0.1, -0.05) is 12.1 Å². The third-order valence-electron chi connectivity index (χ3n) is 4.67. The first-order valence-electron chi connectivity index (χ1n) is 9.72. The number of anilines is 2. The molecule has 168 valence electrons. The van der Waals surface area contributed by atoms with E-state index in [2.05, 4.69) is 5.32 Å². The molecular formula is C22H28N2O6S. The number of nitrogens with one attached hydrogen (secondary N) is 1. The third-order valence-corrected chi connectivity index (χ3v) is 5.89. The molecule has 0 fully saturated rings. The number of sulfonamides is 1. The summed E-state index contributed by atoms with van der Waals surface area (Å²) in [5.74, 6) is -0.734. The topological polar surface area (TPSA) is 102 Å². The summed E-state index contributed by atoms with van der Waals surface area (Å²) in [4.78, 5) is 25.1. The maximum atomic E-state index is 13.0. The number of rotatable bonds is 8. The van der Waals surface area contributed by atoms with E-state index in [0.29, 0.717) is 17.0 Å². The minimum Gasteiger partial charge on any atom is -0.495 e. The van der Waals surface area contributed by atoms with Crippen molar-refractivity contribution in [3.8, 4) is 5.75 Å². The molecule has 2 rings (SSSR count). The van der Waals surface area contributed by atoms with E-state index in [0.717, 1.165) is 16.1 Å². The first kappa shape index (κ1) is 24.2. The fourth-order valence-electron chi connectivity index (χ4n) is 3.09. The number of benzene rings is 2. The predicted octanol–water partition coefficient (Wildman–Crippen LogP) is 3.28. The van der Waals surface area contributed by atoms with Gasteiger partial charge in [-0.3, -0.25) is 9.10 Å². The van der Waals surface area contributed by atoms with Crippen LogP contribution in [0, 0.1) is 13.8 Å². The molecule has 1 N–H and O–H groups in total. The number of carbonyl (C=O) groups excluding carboxylic acids is 2. The van der Waals surface area contributed by atoms with Crippen molar-refractivity contribution < 1.29 is 27.5 Å². The summed E-state index contributed by atoms with van der Waals surface area (Å²) < 4.78 is 36.6. The van der Waals surface area contributed by atoms with Crippen LogP contribution < -0.4 is 14.4 Å². The molecular weight excluding hydrogens is 420 g/mol. The second kappa shape index (κ2) is 9.82. The molecule has 2 aromatic carbocycles. The van der Waals surface area contributed by atoms with Gasteiger partial charge in [-0.15, -0.1) is 0 Å². The van der Waals surface area contributed by atoms with E-state index in [-0.39, 0.29) is 17.9 Å². The quantitative estimate of drug-likeness (QED) is 0.622. The summed E-state index contributed by atoms with van der Waals surface area (Å²) >= 11 is 0. The monoisotopic (exact) mass is 448 g/mol. The zero-order valence-corrected chi connectivity index (χ0v) is 19.4. The molecule has 0 saturated heterocycles. The average molecular weight is 449 g/mol. The van der Waals surface area contributed by atoms with E-state index in [9.17, 15) is 18.0 Å². The van der Waals surface area contributed by atoms with Gasteiger partial charge in [0.15, 0.2) is 0 Å². The lowest BCUT2D eigenvalue weighted by atomic mass is 10.1. The van der Waals surface area contributed by atoms with E-state index < -0.39 is 27.9 Å². The van der Waals surface area contributed by atoms with Crippen molar-refractivity contribution in [1.82, 2.24) is 0 Å². The summed E-state index contributed by atoms with van der Waals surface area (Å²) in [5.41, 5.74) is 2.48. The Balaban J connectivity index is 2.41. The number of nitrogens with zero attached hydrogens (tertiary/aromatic N) is 1. The van der Waals surface area contributed by atoms with Gasteiger partial charge in [0.05, 0.1) is 31.2 Å². The van der Waals surface area contributed by atoms with Gasteiger partial charge in [-0.05, 0) is 63.1 Å². The molecule has 9 heteroatoms. The van der Waals surface area contributed by atoms with E-state index in [1.807, 2.05) is 6.92 Å². The molecule has 0 saturated carbocycles. The van der Waals surface area contributed by atoms with Gasteiger partial charge in [0.2, 0.25) is 15.9 Å². The number of hydrogen-bond donors (Lipinski definition) is 1. The average Bonchev–Trinajstić information content (AvgIpc) is 2.69. The Hall–Kier alpha value is -3.07. The van der Waals surface area contributed by atoms with E-state index in [1.54, 1.807) is 44.2 Å². The summed E-state index contributed by atoms with van der Waals surface area (Å²) in [7, 11) is -2.39. The molecule has 0 bridgehead atoms. The Morgan fingerprint density at radius 2 is 1.81 bits per heavy atom. The van der Waals surface area contributed by atoms with Crippen molar-refractivity contribution in [3.63, 3.8) is 0 Å². The first-order chi connectivity index (χ1) is 14.5. The number of esters is 1. The van der Waals surface area contributed by atoms with Crippen LogP contribution in [-0.4, -0.2) is 46.3 Å². The standard InChI is InChI=1S/C22H28N2O6S/c1-7-30-22(26)17-10-9-15(3)18(13-17)23-21(25)16(4)24(31(6,27)28)19-12-14(2)8-11-20(19)29-5/h8-13,16H,7H2,1-6H3,(H,23,25). The van der Waals surface area contributed by atoms with Crippen molar-refractivity contribution in [2.45, 2.75) is 33.7 Å². The lowest BCUT2D eigenvalue weighted by Crippen LogP contribution is -2.45. The van der Waals surface area contributed by atoms with Gasteiger partial charge in [0.25, 0.3) is 0 Å². The molecule has 8 nitrogen and oxygen atoms in total. The highest BCUT2D eigenvalue weighted by Crippen LogP contribution is 2.33. The van der Waals surface area contributed by atoms with Crippen LogP contribution in [0.3, 0.4) is 0 Å². The molecule has 0 aliphatic heterocycles. The fraction of sp³-hybridized carbons (Fsp3) is 0.364. The van der Waals surface area contributed by atoms with Crippen LogP contribution in [0.1, 0.15) is 35.3 Å². The number of ether oxygens (including phenoxy) is 2. The molecule has 31 heavy (non-hydrogen) atoms. The molecule has 1 unspecified atom stereocenters. The van der Waals surface area contributed by atoms with Crippen molar-refractivity contribution >= 4 is 33.3 Å². The SMILES string of the molecule is CCOC(=O)c1ccc(C)c(NC(=O)C(C)N(c2cc(C)ccc2OC)S(C)(=O)=O)c1. The van der Waals surface area contributed by atoms with Crippen molar-refractivity contribution in [3.05, 3.63) is 53.1 Å². The minimum absolute atomic E-state index is 0.229. The molecule has 1 amide bonds. The molecule has 0 aliphatic rings. The van der Waals surface area contributed by atoms with Gasteiger partial charge < -0.3 is 14.8 Å². The van der Waals surface area contributed by atoms with Crippen LogP contribution in [0.15, 0.2) is 36.4 Å².